The number of allylic oxidation sites excluding steroid dienone is 6. The molecule has 0 saturated carbocycles. The molecule has 1 N–H and O–H groups in total. The third kappa shape index (κ3) is 50.9. The molecule has 1 atom stereocenters. The Morgan fingerprint density at radius 2 is 0.712 bits per heavy atom. The molecule has 0 rings (SSSR count). The maximum Gasteiger partial charge on any atom is 0.306 e. The van der Waals surface area contributed by atoms with Crippen LogP contribution in [-0.4, -0.2) is 37.0 Å². The fourth-order valence-electron chi connectivity index (χ4n) is 7.94. The van der Waals surface area contributed by atoms with Gasteiger partial charge in [0.25, 0.3) is 0 Å². The maximum absolute atomic E-state index is 12.3. The van der Waals surface area contributed by atoms with E-state index in [2.05, 4.69) is 50.3 Å². The zero-order valence-corrected chi connectivity index (χ0v) is 40.0. The molecular formula is C55H104O4. The zero-order valence-electron chi connectivity index (χ0n) is 40.0. The first-order valence-electron chi connectivity index (χ1n) is 26.6. The first-order chi connectivity index (χ1) is 29.2. The molecule has 0 radical (unpaired) electrons. The highest BCUT2D eigenvalue weighted by Crippen LogP contribution is 2.16. The molecule has 0 heterocycles. The molecule has 0 aliphatic carbocycles. The first-order valence-corrected chi connectivity index (χ1v) is 26.6. The van der Waals surface area contributed by atoms with Crippen molar-refractivity contribution in [3.63, 3.8) is 0 Å². The Labute approximate surface area is 370 Å². The second-order valence-corrected chi connectivity index (χ2v) is 17.9. The van der Waals surface area contributed by atoms with E-state index in [1.807, 2.05) is 0 Å². The lowest BCUT2D eigenvalue weighted by molar-refractivity contribution is -0.154. The molecule has 4 heteroatoms. The Kier molecular flexibility index (Phi) is 51.5. The number of rotatable bonds is 50. The lowest BCUT2D eigenvalue weighted by atomic mass is 10.0. The van der Waals surface area contributed by atoms with Crippen LogP contribution in [-0.2, 0) is 14.3 Å². The molecule has 1 unspecified atom stereocenters. The molecule has 0 aromatic heterocycles. The van der Waals surface area contributed by atoms with Gasteiger partial charge in [-0.1, -0.05) is 243 Å². The number of ether oxygens (including phenoxy) is 2. The summed E-state index contributed by atoms with van der Waals surface area (Å²) < 4.78 is 11.2. The lowest BCUT2D eigenvalue weighted by Crippen LogP contribution is -2.27. The van der Waals surface area contributed by atoms with Crippen molar-refractivity contribution in [3.8, 4) is 0 Å². The van der Waals surface area contributed by atoms with E-state index in [0.29, 0.717) is 19.6 Å². The number of aliphatic hydroxyl groups excluding tert-OH is 1. The number of carbonyl (C=O) groups excluding carboxylic acids is 1. The minimum Gasteiger partial charge on any atom is -0.457 e. The van der Waals surface area contributed by atoms with Crippen LogP contribution in [0, 0.1) is 0 Å². The quantitative estimate of drug-likeness (QED) is 0.0377. The number of hydrogen-bond acceptors (Lipinski definition) is 4. The van der Waals surface area contributed by atoms with Gasteiger partial charge < -0.3 is 14.6 Å². The Morgan fingerprint density at radius 3 is 1.07 bits per heavy atom. The van der Waals surface area contributed by atoms with Crippen LogP contribution in [0.3, 0.4) is 0 Å². The smallest absolute Gasteiger partial charge is 0.306 e. The van der Waals surface area contributed by atoms with E-state index in [9.17, 15) is 9.90 Å². The zero-order chi connectivity index (χ0) is 42.6. The Morgan fingerprint density at radius 1 is 0.407 bits per heavy atom. The van der Waals surface area contributed by atoms with Crippen LogP contribution in [0.4, 0.5) is 0 Å². The van der Waals surface area contributed by atoms with Gasteiger partial charge in [0.05, 0.1) is 13.2 Å². The number of aliphatic hydroxyl groups is 1. The fourth-order valence-corrected chi connectivity index (χ4v) is 7.94. The molecule has 59 heavy (non-hydrogen) atoms. The lowest BCUT2D eigenvalue weighted by Gasteiger charge is -2.16. The maximum atomic E-state index is 12.3. The topological polar surface area (TPSA) is 55.8 Å². The molecule has 4 nitrogen and oxygen atoms in total. The van der Waals surface area contributed by atoms with Gasteiger partial charge in [0.1, 0.15) is 6.10 Å². The van der Waals surface area contributed by atoms with E-state index < -0.39 is 6.10 Å². The summed E-state index contributed by atoms with van der Waals surface area (Å²) >= 11 is 0. The Hall–Kier alpha value is -1.39. The van der Waals surface area contributed by atoms with Crippen LogP contribution in [0.1, 0.15) is 284 Å². The van der Waals surface area contributed by atoms with Gasteiger partial charge in [-0.25, -0.2) is 0 Å². The van der Waals surface area contributed by atoms with Gasteiger partial charge in [-0.15, -0.1) is 0 Å². The standard InChI is InChI=1S/C55H104O4/c1-3-5-7-9-11-13-15-17-19-21-23-25-27-28-29-30-32-34-36-38-40-42-44-46-48-50-55(57)59-54(52-56)53-58-51-49-47-45-43-41-39-37-35-33-31-26-24-22-20-18-16-14-12-10-8-6-4-2/h15,17,21-24,54,56H,3-14,16,18-20,25-53H2,1-2H3/b17-15-,23-21-,24-22-. The van der Waals surface area contributed by atoms with Crippen molar-refractivity contribution in [2.45, 2.75) is 290 Å². The van der Waals surface area contributed by atoms with Gasteiger partial charge >= 0.3 is 5.97 Å². The third-order valence-electron chi connectivity index (χ3n) is 11.9. The van der Waals surface area contributed by atoms with Crippen molar-refractivity contribution in [1.82, 2.24) is 0 Å². The summed E-state index contributed by atoms with van der Waals surface area (Å²) in [6.07, 6.45) is 68.2. The second-order valence-electron chi connectivity index (χ2n) is 17.9. The fraction of sp³-hybridized carbons (Fsp3) is 0.873. The average molecular weight is 829 g/mol. The number of esters is 1. The molecule has 0 aromatic rings. The van der Waals surface area contributed by atoms with Crippen LogP contribution in [0.5, 0.6) is 0 Å². The minimum absolute atomic E-state index is 0.170. The second kappa shape index (κ2) is 52.7. The molecule has 0 saturated heterocycles. The van der Waals surface area contributed by atoms with Gasteiger partial charge in [0, 0.05) is 13.0 Å². The summed E-state index contributed by atoms with van der Waals surface area (Å²) in [5, 5.41) is 9.66. The SMILES string of the molecule is CCCCCCC/C=C\C/C=C\CCCCCCCCCCCCCCCC(=O)OC(CO)COCCCCCCCCCCCC/C=C\CCCCCCCCCC. The van der Waals surface area contributed by atoms with Gasteiger partial charge in [0.15, 0.2) is 0 Å². The number of unbranched alkanes of at least 4 members (excludes halogenated alkanes) is 36. The summed E-state index contributed by atoms with van der Waals surface area (Å²) in [6, 6.07) is 0. The van der Waals surface area contributed by atoms with E-state index in [4.69, 9.17) is 9.47 Å². The van der Waals surface area contributed by atoms with Gasteiger partial charge in [-0.2, -0.15) is 0 Å². The van der Waals surface area contributed by atoms with Crippen LogP contribution < -0.4 is 0 Å². The van der Waals surface area contributed by atoms with Crippen LogP contribution >= 0.6 is 0 Å². The average Bonchev–Trinajstić information content (AvgIpc) is 3.24. The highest BCUT2D eigenvalue weighted by Gasteiger charge is 2.13. The molecule has 0 aromatic carbocycles. The number of hydrogen-bond donors (Lipinski definition) is 1. The predicted octanol–water partition coefficient (Wildman–Crippen LogP) is 18.0. The molecule has 348 valence electrons. The third-order valence-corrected chi connectivity index (χ3v) is 11.9. The summed E-state index contributed by atoms with van der Waals surface area (Å²) in [5.74, 6) is -0.197. The highest BCUT2D eigenvalue weighted by atomic mass is 16.6. The summed E-state index contributed by atoms with van der Waals surface area (Å²) in [6.45, 7) is 5.37. The molecule has 0 fully saturated rings. The van der Waals surface area contributed by atoms with Crippen LogP contribution in [0.15, 0.2) is 36.5 Å². The van der Waals surface area contributed by atoms with Crippen LogP contribution in [0.25, 0.3) is 0 Å². The number of carbonyl (C=O) groups is 1. The van der Waals surface area contributed by atoms with E-state index in [-0.39, 0.29) is 12.6 Å². The summed E-state index contributed by atoms with van der Waals surface area (Å²) in [4.78, 5) is 12.3. The monoisotopic (exact) mass is 829 g/mol. The van der Waals surface area contributed by atoms with Gasteiger partial charge in [-0.05, 0) is 70.6 Å². The van der Waals surface area contributed by atoms with E-state index in [0.717, 1.165) is 25.7 Å². The van der Waals surface area contributed by atoms with Crippen molar-refractivity contribution >= 4 is 5.97 Å². The molecule has 0 amide bonds. The largest absolute Gasteiger partial charge is 0.457 e. The molecule has 0 spiro atoms. The van der Waals surface area contributed by atoms with Crippen molar-refractivity contribution in [3.05, 3.63) is 36.5 Å². The minimum atomic E-state index is -0.535. The van der Waals surface area contributed by atoms with Gasteiger partial charge in [0.2, 0.25) is 0 Å². The van der Waals surface area contributed by atoms with Gasteiger partial charge in [-0.3, -0.25) is 4.79 Å². The Balaban J connectivity index is 3.38. The molecule has 0 aliphatic rings. The normalized spacial score (nSPS) is 12.5. The predicted molar refractivity (Wildman–Crippen MR) is 260 cm³/mol. The molecule has 0 aliphatic heterocycles. The first kappa shape index (κ1) is 57.6. The van der Waals surface area contributed by atoms with Crippen LogP contribution in [0.2, 0.25) is 0 Å². The molecule has 0 bridgehead atoms. The van der Waals surface area contributed by atoms with E-state index >= 15 is 0 Å². The molecular weight excluding hydrogens is 725 g/mol. The Bertz CT molecular complexity index is 878. The van der Waals surface area contributed by atoms with E-state index in [1.54, 1.807) is 0 Å². The highest BCUT2D eigenvalue weighted by molar-refractivity contribution is 5.69. The summed E-state index contributed by atoms with van der Waals surface area (Å²) in [5.41, 5.74) is 0. The summed E-state index contributed by atoms with van der Waals surface area (Å²) in [7, 11) is 0. The van der Waals surface area contributed by atoms with Crippen molar-refractivity contribution < 1.29 is 19.4 Å². The van der Waals surface area contributed by atoms with Crippen molar-refractivity contribution in [1.29, 1.82) is 0 Å². The van der Waals surface area contributed by atoms with Crippen molar-refractivity contribution in [2.75, 3.05) is 19.8 Å². The van der Waals surface area contributed by atoms with Crippen molar-refractivity contribution in [2.24, 2.45) is 0 Å². The van der Waals surface area contributed by atoms with E-state index in [1.165, 1.54) is 238 Å².